The molecule has 24 heavy (non-hydrogen) atoms. The standard InChI is InChI=1S/C18H22N4O2/c1-2-8-21-9-6-18(7-10-21)16(23)22(17(24)20-18)13-15-5-3-4-14(11-15)12-19/h3-5,11H,2,6-10,13H2,1H3,(H,20,24). The molecule has 0 aromatic heterocycles. The molecule has 3 rings (SSSR count). The highest BCUT2D eigenvalue weighted by Crippen LogP contribution is 2.30. The van der Waals surface area contributed by atoms with Crippen LogP contribution in [0, 0.1) is 11.3 Å². The Labute approximate surface area is 142 Å². The minimum Gasteiger partial charge on any atom is -0.323 e. The zero-order chi connectivity index (χ0) is 17.2. The summed E-state index contributed by atoms with van der Waals surface area (Å²) in [6.07, 6.45) is 2.41. The van der Waals surface area contributed by atoms with Crippen LogP contribution in [-0.4, -0.2) is 46.9 Å². The second-order valence-electron chi connectivity index (χ2n) is 6.56. The molecular weight excluding hydrogens is 304 g/mol. The summed E-state index contributed by atoms with van der Waals surface area (Å²) in [5, 5.41) is 11.9. The first-order valence-electron chi connectivity index (χ1n) is 8.43. The molecule has 0 aliphatic carbocycles. The molecule has 6 nitrogen and oxygen atoms in total. The minimum absolute atomic E-state index is 0.133. The summed E-state index contributed by atoms with van der Waals surface area (Å²) in [6.45, 7) is 5.04. The van der Waals surface area contributed by atoms with E-state index < -0.39 is 5.54 Å². The lowest BCUT2D eigenvalue weighted by molar-refractivity contribution is -0.133. The molecule has 2 saturated heterocycles. The lowest BCUT2D eigenvalue weighted by Crippen LogP contribution is -2.54. The number of piperidine rings is 1. The van der Waals surface area contributed by atoms with E-state index in [1.165, 1.54) is 4.90 Å². The normalized spacial score (nSPS) is 20.2. The summed E-state index contributed by atoms with van der Waals surface area (Å²) in [5.41, 5.74) is 0.578. The number of nitriles is 1. The summed E-state index contributed by atoms with van der Waals surface area (Å²) in [7, 11) is 0. The van der Waals surface area contributed by atoms with Gasteiger partial charge in [-0.1, -0.05) is 19.1 Å². The second kappa shape index (κ2) is 6.62. The van der Waals surface area contributed by atoms with Crippen LogP contribution in [0.2, 0.25) is 0 Å². The van der Waals surface area contributed by atoms with Crippen LogP contribution in [0.5, 0.6) is 0 Å². The van der Waals surface area contributed by atoms with Crippen molar-refractivity contribution >= 4 is 11.9 Å². The number of carbonyl (C=O) groups is 2. The number of hydrogen-bond donors (Lipinski definition) is 1. The number of urea groups is 1. The lowest BCUT2D eigenvalue weighted by atomic mass is 9.87. The summed E-state index contributed by atoms with van der Waals surface area (Å²) >= 11 is 0. The molecule has 2 heterocycles. The van der Waals surface area contributed by atoms with Crippen LogP contribution in [0.4, 0.5) is 4.79 Å². The molecular formula is C18H22N4O2. The van der Waals surface area contributed by atoms with E-state index in [2.05, 4.69) is 23.2 Å². The van der Waals surface area contributed by atoms with Gasteiger partial charge in [-0.2, -0.15) is 5.26 Å². The highest BCUT2D eigenvalue weighted by atomic mass is 16.2. The van der Waals surface area contributed by atoms with E-state index in [0.717, 1.165) is 31.6 Å². The number of hydrogen-bond acceptors (Lipinski definition) is 4. The molecule has 6 heteroatoms. The molecule has 1 aromatic rings. The van der Waals surface area contributed by atoms with Gasteiger partial charge in [0.25, 0.3) is 5.91 Å². The first-order chi connectivity index (χ1) is 11.6. The second-order valence-corrected chi connectivity index (χ2v) is 6.56. The third kappa shape index (κ3) is 3.00. The first-order valence-corrected chi connectivity index (χ1v) is 8.43. The van der Waals surface area contributed by atoms with E-state index in [0.29, 0.717) is 18.4 Å². The Morgan fingerprint density at radius 1 is 1.29 bits per heavy atom. The molecule has 0 saturated carbocycles. The van der Waals surface area contributed by atoms with Crippen LogP contribution < -0.4 is 5.32 Å². The van der Waals surface area contributed by atoms with E-state index in [4.69, 9.17) is 5.26 Å². The highest BCUT2D eigenvalue weighted by molar-refractivity contribution is 6.07. The zero-order valence-corrected chi connectivity index (χ0v) is 13.9. The van der Waals surface area contributed by atoms with E-state index in [-0.39, 0.29) is 18.5 Å². The summed E-state index contributed by atoms with van der Waals surface area (Å²) in [5.74, 6) is -0.133. The topological polar surface area (TPSA) is 76.4 Å². The fraction of sp³-hybridized carbons (Fsp3) is 0.500. The average Bonchev–Trinajstić information content (AvgIpc) is 2.82. The van der Waals surface area contributed by atoms with Gasteiger partial charge in [-0.05, 0) is 43.5 Å². The van der Waals surface area contributed by atoms with Gasteiger partial charge in [0.1, 0.15) is 5.54 Å². The Morgan fingerprint density at radius 3 is 2.71 bits per heavy atom. The molecule has 2 fully saturated rings. The van der Waals surface area contributed by atoms with E-state index in [1.807, 2.05) is 6.07 Å². The molecule has 0 radical (unpaired) electrons. The molecule has 126 valence electrons. The van der Waals surface area contributed by atoms with Crippen molar-refractivity contribution in [2.75, 3.05) is 19.6 Å². The highest BCUT2D eigenvalue weighted by Gasteiger charge is 2.52. The number of imide groups is 1. The Balaban J connectivity index is 1.72. The number of likely N-dealkylation sites (tertiary alicyclic amines) is 1. The van der Waals surface area contributed by atoms with Gasteiger partial charge in [-0.3, -0.25) is 9.69 Å². The van der Waals surface area contributed by atoms with Gasteiger partial charge in [-0.25, -0.2) is 4.79 Å². The third-order valence-corrected chi connectivity index (χ3v) is 4.89. The number of nitrogens with one attached hydrogen (secondary N) is 1. The predicted octanol–water partition coefficient (Wildman–Crippen LogP) is 1.85. The number of nitrogens with zero attached hydrogens (tertiary/aromatic N) is 3. The minimum atomic E-state index is -0.742. The van der Waals surface area contributed by atoms with Gasteiger partial charge in [0.05, 0.1) is 18.2 Å². The SMILES string of the molecule is CCCN1CCC2(CC1)NC(=O)N(Cc1cccc(C#N)c1)C2=O. The van der Waals surface area contributed by atoms with E-state index in [1.54, 1.807) is 18.2 Å². The summed E-state index contributed by atoms with van der Waals surface area (Å²) in [4.78, 5) is 28.8. The molecule has 1 N–H and O–H groups in total. The molecule has 1 spiro atoms. The first kappa shape index (κ1) is 16.5. The van der Waals surface area contributed by atoms with Crippen LogP contribution in [0.15, 0.2) is 24.3 Å². The molecule has 2 aliphatic rings. The molecule has 2 aliphatic heterocycles. The van der Waals surface area contributed by atoms with Crippen molar-refractivity contribution in [3.05, 3.63) is 35.4 Å². The van der Waals surface area contributed by atoms with Crippen LogP contribution in [0.3, 0.4) is 0 Å². The van der Waals surface area contributed by atoms with Crippen LogP contribution in [0.1, 0.15) is 37.3 Å². The number of carbonyl (C=O) groups excluding carboxylic acids is 2. The molecule has 3 amide bonds. The molecule has 0 bridgehead atoms. The Bertz CT molecular complexity index is 687. The molecule has 0 unspecified atom stereocenters. The zero-order valence-electron chi connectivity index (χ0n) is 13.9. The van der Waals surface area contributed by atoms with E-state index >= 15 is 0 Å². The summed E-state index contributed by atoms with van der Waals surface area (Å²) in [6, 6.07) is 8.78. The molecule has 0 atom stereocenters. The van der Waals surface area contributed by atoms with Crippen LogP contribution in [-0.2, 0) is 11.3 Å². The maximum Gasteiger partial charge on any atom is 0.325 e. The van der Waals surface area contributed by atoms with Gasteiger partial charge in [0, 0.05) is 13.1 Å². The van der Waals surface area contributed by atoms with Gasteiger partial charge < -0.3 is 10.2 Å². The smallest absolute Gasteiger partial charge is 0.323 e. The van der Waals surface area contributed by atoms with Gasteiger partial charge >= 0.3 is 6.03 Å². The van der Waals surface area contributed by atoms with Crippen molar-refractivity contribution < 1.29 is 9.59 Å². The maximum atomic E-state index is 12.9. The van der Waals surface area contributed by atoms with Gasteiger partial charge in [0.2, 0.25) is 0 Å². The average molecular weight is 326 g/mol. The van der Waals surface area contributed by atoms with E-state index in [9.17, 15) is 9.59 Å². The van der Waals surface area contributed by atoms with Crippen molar-refractivity contribution in [1.82, 2.24) is 15.1 Å². The Morgan fingerprint density at radius 2 is 2.04 bits per heavy atom. The van der Waals surface area contributed by atoms with Crippen molar-refractivity contribution in [2.24, 2.45) is 0 Å². The fourth-order valence-electron chi connectivity index (χ4n) is 3.56. The summed E-state index contributed by atoms with van der Waals surface area (Å²) < 4.78 is 0. The van der Waals surface area contributed by atoms with Crippen molar-refractivity contribution in [1.29, 1.82) is 5.26 Å². The Hall–Kier alpha value is -2.39. The lowest BCUT2D eigenvalue weighted by Gasteiger charge is -2.37. The number of rotatable bonds is 4. The third-order valence-electron chi connectivity index (χ3n) is 4.89. The Kier molecular flexibility index (Phi) is 4.54. The van der Waals surface area contributed by atoms with Crippen LogP contribution >= 0.6 is 0 Å². The quantitative estimate of drug-likeness (QED) is 0.857. The maximum absolute atomic E-state index is 12.9. The van der Waals surface area contributed by atoms with Crippen molar-refractivity contribution in [3.63, 3.8) is 0 Å². The van der Waals surface area contributed by atoms with Crippen molar-refractivity contribution in [2.45, 2.75) is 38.3 Å². The largest absolute Gasteiger partial charge is 0.325 e. The van der Waals surface area contributed by atoms with Gasteiger partial charge in [0.15, 0.2) is 0 Å². The molecule has 1 aromatic carbocycles. The number of benzene rings is 1. The van der Waals surface area contributed by atoms with Crippen LogP contribution in [0.25, 0.3) is 0 Å². The van der Waals surface area contributed by atoms with Crippen molar-refractivity contribution in [3.8, 4) is 6.07 Å². The fourth-order valence-corrected chi connectivity index (χ4v) is 3.56. The number of amides is 3. The predicted molar refractivity (Wildman–Crippen MR) is 88.9 cm³/mol. The van der Waals surface area contributed by atoms with Gasteiger partial charge in [-0.15, -0.1) is 0 Å². The monoisotopic (exact) mass is 326 g/mol.